The molecule has 0 aliphatic carbocycles. The van der Waals surface area contributed by atoms with Crippen molar-refractivity contribution in [1.29, 1.82) is 0 Å². The summed E-state index contributed by atoms with van der Waals surface area (Å²) in [5, 5.41) is 15.4. The van der Waals surface area contributed by atoms with Gasteiger partial charge in [-0.15, -0.1) is 5.10 Å². The Balaban J connectivity index is 1.85. The van der Waals surface area contributed by atoms with Crippen LogP contribution in [0.25, 0.3) is 22.4 Å². The highest BCUT2D eigenvalue weighted by Crippen LogP contribution is 2.19. The Bertz CT molecular complexity index is 1260. The monoisotopic (exact) mass is 364 g/mol. The van der Waals surface area contributed by atoms with Crippen molar-refractivity contribution >= 4 is 28.1 Å². The molecule has 128 valence electrons. The zero-order chi connectivity index (χ0) is 18.3. The van der Waals surface area contributed by atoms with Crippen molar-refractivity contribution in [3.05, 3.63) is 84.7 Å². The number of aryl methyl sites for hydroxylation is 1. The molecule has 2 aromatic carbocycles. The number of fused-ring (bicyclic) bond motifs is 1. The van der Waals surface area contributed by atoms with Gasteiger partial charge in [0.15, 0.2) is 5.82 Å². The molecule has 0 aliphatic rings. The molecule has 0 saturated heterocycles. The first-order valence-electron chi connectivity index (χ1n) is 7.75. The van der Waals surface area contributed by atoms with Crippen LogP contribution in [0.15, 0.2) is 53.3 Å². The summed E-state index contributed by atoms with van der Waals surface area (Å²) in [6, 6.07) is 14.0. The Labute approximate surface area is 151 Å². The average molecular weight is 364 g/mol. The topological polar surface area (TPSA) is 90.4 Å². The zero-order valence-corrected chi connectivity index (χ0v) is 14.4. The van der Waals surface area contributed by atoms with Crippen LogP contribution in [0.3, 0.4) is 0 Å². The third-order valence-corrected chi connectivity index (χ3v) is 4.84. The predicted octanol–water partition coefficient (Wildman–Crippen LogP) is 2.58. The predicted molar refractivity (Wildman–Crippen MR) is 99.2 cm³/mol. The van der Waals surface area contributed by atoms with Crippen LogP contribution in [0.5, 0.6) is 0 Å². The van der Waals surface area contributed by atoms with Crippen LogP contribution in [0, 0.1) is 17.0 Å². The van der Waals surface area contributed by atoms with E-state index in [1.54, 1.807) is 18.2 Å². The maximum atomic E-state index is 12.6. The number of hydrogen-bond donors (Lipinski definition) is 0. The molecule has 0 saturated carbocycles. The second kappa shape index (κ2) is 6.16. The first-order chi connectivity index (χ1) is 12.5. The van der Waals surface area contributed by atoms with E-state index in [1.807, 2.05) is 31.2 Å². The third-order valence-electron chi connectivity index (χ3n) is 3.88. The Hall–Kier alpha value is -3.39. The quantitative estimate of drug-likeness (QED) is 0.412. The number of nitro groups is 1. The molecule has 2 aromatic heterocycles. The largest absolute Gasteiger partial charge is 0.291 e. The van der Waals surface area contributed by atoms with E-state index in [0.29, 0.717) is 20.9 Å². The Morgan fingerprint density at radius 1 is 1.19 bits per heavy atom. The summed E-state index contributed by atoms with van der Waals surface area (Å²) in [5.74, 6) is 0.481. The number of thiazole rings is 1. The summed E-state index contributed by atoms with van der Waals surface area (Å²) in [6.45, 7) is 1.97. The molecule has 7 nitrogen and oxygen atoms in total. The van der Waals surface area contributed by atoms with Crippen molar-refractivity contribution in [2.24, 2.45) is 0 Å². The molecular formula is C18H12N4O3S. The highest BCUT2D eigenvalue weighted by Gasteiger charge is 2.14. The summed E-state index contributed by atoms with van der Waals surface area (Å²) in [7, 11) is 0. The number of hydrogen-bond acceptors (Lipinski definition) is 6. The number of nitrogens with zero attached hydrogens (tertiary/aromatic N) is 4. The lowest BCUT2D eigenvalue weighted by Gasteiger charge is -1.96. The summed E-state index contributed by atoms with van der Waals surface area (Å²) in [6.07, 6.45) is 1.51. The maximum absolute atomic E-state index is 12.6. The van der Waals surface area contributed by atoms with E-state index in [-0.39, 0.29) is 11.2 Å². The first kappa shape index (κ1) is 16.1. The second-order valence-electron chi connectivity index (χ2n) is 5.73. The van der Waals surface area contributed by atoms with E-state index < -0.39 is 4.92 Å². The molecule has 0 atom stereocenters. The van der Waals surface area contributed by atoms with Crippen molar-refractivity contribution in [2.45, 2.75) is 6.92 Å². The molecule has 0 amide bonds. The number of nitro benzene ring substituents is 1. The number of aromatic nitrogens is 3. The molecule has 0 spiro atoms. The smallest absolute Gasteiger partial charge is 0.266 e. The molecule has 0 aliphatic heterocycles. The molecule has 0 unspecified atom stereocenters. The van der Waals surface area contributed by atoms with Crippen molar-refractivity contribution in [1.82, 2.24) is 14.6 Å². The van der Waals surface area contributed by atoms with Crippen LogP contribution in [0.1, 0.15) is 11.1 Å². The second-order valence-corrected chi connectivity index (χ2v) is 6.74. The van der Waals surface area contributed by atoms with E-state index in [2.05, 4.69) is 10.1 Å². The van der Waals surface area contributed by atoms with Crippen LogP contribution >= 0.6 is 11.3 Å². The van der Waals surface area contributed by atoms with Crippen LogP contribution in [0.2, 0.25) is 0 Å². The molecule has 8 heteroatoms. The number of benzene rings is 2. The lowest BCUT2D eigenvalue weighted by atomic mass is 10.1. The van der Waals surface area contributed by atoms with E-state index in [1.165, 1.54) is 16.7 Å². The minimum absolute atomic E-state index is 0.0497. The summed E-state index contributed by atoms with van der Waals surface area (Å²) in [4.78, 5) is 28.1. The van der Waals surface area contributed by atoms with Gasteiger partial charge >= 0.3 is 0 Å². The van der Waals surface area contributed by atoms with Crippen LogP contribution < -0.4 is 10.1 Å². The van der Waals surface area contributed by atoms with Gasteiger partial charge < -0.3 is 0 Å². The minimum atomic E-state index is -0.469. The average Bonchev–Trinajstić information content (AvgIpc) is 3.15. The summed E-state index contributed by atoms with van der Waals surface area (Å²) >= 11 is 1.16. The SMILES string of the molecule is Cc1cccc(-c2nc3sc(=Cc4ccccc4[N+](=O)[O-])c(=O)n3n2)c1. The Kier molecular flexibility index (Phi) is 3.81. The molecule has 0 radical (unpaired) electrons. The normalized spacial score (nSPS) is 12.0. The highest BCUT2D eigenvalue weighted by atomic mass is 32.1. The molecular weight excluding hydrogens is 352 g/mol. The molecule has 0 bridgehead atoms. The van der Waals surface area contributed by atoms with Crippen molar-refractivity contribution in [2.75, 3.05) is 0 Å². The van der Waals surface area contributed by atoms with Crippen molar-refractivity contribution in [3.8, 4) is 11.4 Å². The Morgan fingerprint density at radius 2 is 2.00 bits per heavy atom. The van der Waals surface area contributed by atoms with Gasteiger partial charge in [-0.25, -0.2) is 0 Å². The summed E-state index contributed by atoms with van der Waals surface area (Å²) < 4.78 is 1.59. The van der Waals surface area contributed by atoms with Gasteiger partial charge in [-0.3, -0.25) is 14.9 Å². The number of rotatable bonds is 3. The van der Waals surface area contributed by atoms with Crippen LogP contribution in [-0.4, -0.2) is 19.5 Å². The van der Waals surface area contributed by atoms with E-state index >= 15 is 0 Å². The van der Waals surface area contributed by atoms with Gasteiger partial charge in [0.05, 0.1) is 15.0 Å². The number of para-hydroxylation sites is 1. The fourth-order valence-electron chi connectivity index (χ4n) is 2.66. The molecule has 4 aromatic rings. The zero-order valence-electron chi connectivity index (χ0n) is 13.6. The Morgan fingerprint density at radius 3 is 2.73 bits per heavy atom. The van der Waals surface area contributed by atoms with Crippen LogP contribution in [0.4, 0.5) is 5.69 Å². The molecule has 4 rings (SSSR count). The van der Waals surface area contributed by atoms with Gasteiger partial charge in [-0.1, -0.05) is 47.2 Å². The highest BCUT2D eigenvalue weighted by molar-refractivity contribution is 7.15. The van der Waals surface area contributed by atoms with Gasteiger partial charge in [0.25, 0.3) is 11.2 Å². The van der Waals surface area contributed by atoms with Gasteiger partial charge in [0, 0.05) is 11.6 Å². The van der Waals surface area contributed by atoms with Crippen molar-refractivity contribution in [3.63, 3.8) is 0 Å². The standard InChI is InChI=1S/C18H12N4O3S/c1-11-5-4-7-13(9-11)16-19-18-21(20-16)17(23)15(26-18)10-12-6-2-3-8-14(12)22(24)25/h2-10H,1H3. The summed E-state index contributed by atoms with van der Waals surface area (Å²) in [5.41, 5.74) is 1.90. The fourth-order valence-corrected chi connectivity index (χ4v) is 3.56. The fraction of sp³-hybridized carbons (Fsp3) is 0.0556. The van der Waals surface area contributed by atoms with E-state index in [4.69, 9.17) is 0 Å². The first-order valence-corrected chi connectivity index (χ1v) is 8.56. The lowest BCUT2D eigenvalue weighted by Crippen LogP contribution is -2.23. The maximum Gasteiger partial charge on any atom is 0.291 e. The minimum Gasteiger partial charge on any atom is -0.266 e. The molecule has 0 N–H and O–H groups in total. The van der Waals surface area contributed by atoms with Gasteiger partial charge in [0.1, 0.15) is 0 Å². The molecule has 26 heavy (non-hydrogen) atoms. The molecule has 0 fully saturated rings. The van der Waals surface area contributed by atoms with Crippen LogP contribution in [-0.2, 0) is 0 Å². The van der Waals surface area contributed by atoms with Gasteiger partial charge in [0.2, 0.25) is 4.96 Å². The molecule has 2 heterocycles. The van der Waals surface area contributed by atoms with Gasteiger partial charge in [-0.2, -0.15) is 9.50 Å². The van der Waals surface area contributed by atoms with Gasteiger partial charge in [-0.05, 0) is 25.1 Å². The van der Waals surface area contributed by atoms with E-state index in [9.17, 15) is 14.9 Å². The lowest BCUT2D eigenvalue weighted by molar-refractivity contribution is -0.385. The third kappa shape index (κ3) is 2.76. The van der Waals surface area contributed by atoms with E-state index in [0.717, 1.165) is 22.5 Å². The van der Waals surface area contributed by atoms with Crippen molar-refractivity contribution < 1.29 is 4.92 Å².